The summed E-state index contributed by atoms with van der Waals surface area (Å²) in [6, 6.07) is 12.5. The molecular weight excluding hydrogens is 352 g/mol. The van der Waals surface area contributed by atoms with E-state index in [2.05, 4.69) is 15.9 Å². The van der Waals surface area contributed by atoms with Crippen LogP contribution in [0.15, 0.2) is 52.3 Å². The Morgan fingerprint density at radius 3 is 2.43 bits per heavy atom. The number of carboxylic acid groups (broad SMARTS) is 1. The third kappa shape index (κ3) is 4.37. The number of Topliss-reactive ketones (excluding diaryl/α,β-unsaturated/α-hetero) is 1. The number of hydrogen-bond donors (Lipinski definition) is 1. The highest BCUT2D eigenvalue weighted by atomic mass is 79.9. The first-order valence-corrected chi connectivity index (χ1v) is 7.96. The van der Waals surface area contributed by atoms with E-state index in [4.69, 9.17) is 0 Å². The Morgan fingerprint density at radius 2 is 1.86 bits per heavy atom. The number of ketones is 1. The van der Waals surface area contributed by atoms with Gasteiger partial charge >= 0.3 is 5.97 Å². The van der Waals surface area contributed by atoms with E-state index in [9.17, 15) is 14.7 Å². The van der Waals surface area contributed by atoms with E-state index < -0.39 is 5.97 Å². The van der Waals surface area contributed by atoms with Crippen molar-refractivity contribution in [2.75, 3.05) is 0 Å². The van der Waals surface area contributed by atoms with Crippen LogP contribution in [0.5, 0.6) is 0 Å². The molecule has 0 atom stereocenters. The van der Waals surface area contributed by atoms with Crippen molar-refractivity contribution in [3.63, 3.8) is 0 Å². The van der Waals surface area contributed by atoms with Crippen LogP contribution in [0, 0.1) is 0 Å². The third-order valence-electron chi connectivity index (χ3n) is 2.88. The maximum atomic E-state index is 12.0. The second kappa shape index (κ2) is 7.33. The monoisotopic (exact) mass is 364 g/mol. The molecule has 108 valence electrons. The van der Waals surface area contributed by atoms with Crippen molar-refractivity contribution in [1.29, 1.82) is 0 Å². The predicted octanol–water partition coefficient (Wildman–Crippen LogP) is 4.64. The topological polar surface area (TPSA) is 54.4 Å². The zero-order chi connectivity index (χ0) is 15.2. The van der Waals surface area contributed by atoms with Gasteiger partial charge in [-0.2, -0.15) is 0 Å². The second-order valence-electron chi connectivity index (χ2n) is 4.35. The van der Waals surface area contributed by atoms with Crippen LogP contribution in [0.1, 0.15) is 28.1 Å². The Balaban J connectivity index is 2.04. The van der Waals surface area contributed by atoms with Crippen molar-refractivity contribution < 1.29 is 14.7 Å². The number of carbonyl (C=O) groups excluding carboxylic acids is 1. The van der Waals surface area contributed by atoms with Crippen LogP contribution in [-0.2, 0) is 4.79 Å². The zero-order valence-electron chi connectivity index (χ0n) is 11.1. The van der Waals surface area contributed by atoms with Crippen molar-refractivity contribution in [2.45, 2.75) is 12.8 Å². The Bertz CT molecular complexity index is 674. The first-order chi connectivity index (χ1) is 10.1. The average Bonchev–Trinajstić information content (AvgIpc) is 2.90. The summed E-state index contributed by atoms with van der Waals surface area (Å²) < 4.78 is 0.914. The highest BCUT2D eigenvalue weighted by Gasteiger charge is 2.11. The largest absolute Gasteiger partial charge is 0.478 e. The summed E-state index contributed by atoms with van der Waals surface area (Å²) in [5.74, 6) is -0.952. The lowest BCUT2D eigenvalue weighted by Crippen LogP contribution is -2.00. The molecule has 2 rings (SSSR count). The van der Waals surface area contributed by atoms with E-state index in [1.54, 1.807) is 36.4 Å². The van der Waals surface area contributed by atoms with Crippen LogP contribution in [-0.4, -0.2) is 16.9 Å². The van der Waals surface area contributed by atoms with Crippen LogP contribution >= 0.6 is 27.3 Å². The minimum absolute atomic E-state index is 0.0275. The van der Waals surface area contributed by atoms with Crippen LogP contribution in [0.25, 0.3) is 5.57 Å². The number of carbonyl (C=O) groups is 2. The van der Waals surface area contributed by atoms with E-state index in [-0.39, 0.29) is 11.4 Å². The van der Waals surface area contributed by atoms with Crippen LogP contribution in [0.4, 0.5) is 0 Å². The summed E-state index contributed by atoms with van der Waals surface area (Å²) >= 11 is 4.71. The van der Waals surface area contributed by atoms with Gasteiger partial charge in [-0.3, -0.25) is 4.79 Å². The molecule has 0 spiro atoms. The molecule has 1 aromatic carbocycles. The maximum Gasteiger partial charge on any atom is 0.335 e. The first kappa shape index (κ1) is 15.7. The molecule has 3 nitrogen and oxygen atoms in total. The van der Waals surface area contributed by atoms with Crippen LogP contribution in [0.3, 0.4) is 0 Å². The molecule has 1 aromatic heterocycles. The van der Waals surface area contributed by atoms with Gasteiger partial charge in [0.25, 0.3) is 0 Å². The van der Waals surface area contributed by atoms with Gasteiger partial charge in [-0.1, -0.05) is 36.4 Å². The van der Waals surface area contributed by atoms with Crippen molar-refractivity contribution in [3.8, 4) is 0 Å². The van der Waals surface area contributed by atoms with Gasteiger partial charge in [0.05, 0.1) is 14.2 Å². The summed E-state index contributed by atoms with van der Waals surface area (Å²) in [6.45, 7) is 0. The molecule has 2 aromatic rings. The molecule has 0 unspecified atom stereocenters. The quantitative estimate of drug-likeness (QED) is 0.599. The predicted molar refractivity (Wildman–Crippen MR) is 87.6 cm³/mol. The molecule has 0 radical (unpaired) electrons. The van der Waals surface area contributed by atoms with Gasteiger partial charge in [0.1, 0.15) is 0 Å². The average molecular weight is 365 g/mol. The van der Waals surface area contributed by atoms with Gasteiger partial charge in [0.15, 0.2) is 5.78 Å². The molecule has 1 N–H and O–H groups in total. The Morgan fingerprint density at radius 1 is 1.14 bits per heavy atom. The molecule has 0 aliphatic carbocycles. The summed E-state index contributed by atoms with van der Waals surface area (Å²) in [4.78, 5) is 23.9. The first-order valence-electron chi connectivity index (χ1n) is 6.35. The summed E-state index contributed by atoms with van der Waals surface area (Å²) in [5, 5.41) is 9.25. The fourth-order valence-corrected chi connectivity index (χ4v) is 3.23. The number of thiophene rings is 1. The van der Waals surface area contributed by atoms with Gasteiger partial charge in [0.2, 0.25) is 0 Å². The van der Waals surface area contributed by atoms with Crippen LogP contribution < -0.4 is 0 Å². The van der Waals surface area contributed by atoms with E-state index in [1.807, 2.05) is 12.1 Å². The lowest BCUT2D eigenvalue weighted by Gasteiger charge is -2.02. The fourth-order valence-electron chi connectivity index (χ4n) is 1.88. The van der Waals surface area contributed by atoms with Crippen molar-refractivity contribution in [3.05, 3.63) is 62.8 Å². The number of carboxylic acids is 1. The Labute approximate surface area is 135 Å². The lowest BCUT2D eigenvalue weighted by molar-refractivity contribution is -0.130. The van der Waals surface area contributed by atoms with E-state index >= 15 is 0 Å². The number of aliphatic carboxylic acids is 1. The summed E-state index contributed by atoms with van der Waals surface area (Å²) in [5.41, 5.74) is 0.882. The summed E-state index contributed by atoms with van der Waals surface area (Å²) in [7, 11) is 0. The molecule has 0 saturated carbocycles. The van der Waals surface area contributed by atoms with E-state index in [0.717, 1.165) is 3.79 Å². The van der Waals surface area contributed by atoms with E-state index in [1.165, 1.54) is 11.3 Å². The number of benzene rings is 1. The van der Waals surface area contributed by atoms with Gasteiger partial charge < -0.3 is 5.11 Å². The zero-order valence-corrected chi connectivity index (χ0v) is 13.5. The summed E-state index contributed by atoms with van der Waals surface area (Å²) in [6.07, 6.45) is 2.32. The minimum Gasteiger partial charge on any atom is -0.478 e. The molecule has 0 bridgehead atoms. The van der Waals surface area contributed by atoms with Gasteiger partial charge in [-0.15, -0.1) is 11.3 Å². The molecule has 0 saturated heterocycles. The molecule has 0 amide bonds. The number of rotatable bonds is 6. The van der Waals surface area contributed by atoms with Crippen molar-refractivity contribution in [1.82, 2.24) is 0 Å². The third-order valence-corrected chi connectivity index (χ3v) is 4.55. The number of halogens is 1. The molecule has 5 heteroatoms. The fraction of sp³-hybridized carbons (Fsp3) is 0.125. The van der Waals surface area contributed by atoms with E-state index in [0.29, 0.717) is 23.3 Å². The lowest BCUT2D eigenvalue weighted by atomic mass is 10.0. The molecule has 0 aliphatic heterocycles. The van der Waals surface area contributed by atoms with Crippen molar-refractivity contribution >= 4 is 44.6 Å². The van der Waals surface area contributed by atoms with Crippen molar-refractivity contribution in [2.24, 2.45) is 0 Å². The van der Waals surface area contributed by atoms with Gasteiger partial charge in [0, 0.05) is 6.42 Å². The number of allylic oxidation sites excluding steroid dienone is 1. The molecular formula is C16H13BrO3S. The van der Waals surface area contributed by atoms with Gasteiger partial charge in [-0.05, 0) is 40.0 Å². The van der Waals surface area contributed by atoms with Crippen LogP contribution in [0.2, 0.25) is 0 Å². The Kier molecular flexibility index (Phi) is 5.47. The smallest absolute Gasteiger partial charge is 0.335 e. The SMILES string of the molecule is O=C(O)C(=CCCC(=O)c1ccc(Br)s1)c1ccccc1. The molecule has 21 heavy (non-hydrogen) atoms. The number of hydrogen-bond acceptors (Lipinski definition) is 3. The maximum absolute atomic E-state index is 12.0. The molecule has 0 fully saturated rings. The standard InChI is InChI=1S/C16H13BrO3S/c17-15-10-9-14(21-15)13(18)8-4-7-12(16(19)20)11-5-2-1-3-6-11/h1-3,5-7,9-10H,4,8H2,(H,19,20). The molecule has 1 heterocycles. The van der Waals surface area contributed by atoms with Gasteiger partial charge in [-0.25, -0.2) is 4.79 Å². The normalized spacial score (nSPS) is 11.4. The second-order valence-corrected chi connectivity index (χ2v) is 6.82. The highest BCUT2D eigenvalue weighted by molar-refractivity contribution is 9.11. The highest BCUT2D eigenvalue weighted by Crippen LogP contribution is 2.24. The molecule has 0 aliphatic rings. The minimum atomic E-state index is -0.979. The Hall–Kier alpha value is -1.72.